The van der Waals surface area contributed by atoms with Crippen molar-refractivity contribution in [2.75, 3.05) is 7.11 Å². The van der Waals surface area contributed by atoms with E-state index in [1.165, 1.54) is 0 Å². The fourth-order valence-electron chi connectivity index (χ4n) is 1.26. The second kappa shape index (κ2) is 6.17. The van der Waals surface area contributed by atoms with Crippen LogP contribution in [0.15, 0.2) is 49.1 Å². The highest BCUT2D eigenvalue weighted by atomic mass is 16.5. The maximum Gasteiger partial charge on any atom is 0.104 e. The van der Waals surface area contributed by atoms with Crippen LogP contribution in [0.2, 0.25) is 0 Å². The lowest BCUT2D eigenvalue weighted by Crippen LogP contribution is -2.23. The van der Waals surface area contributed by atoms with Crippen molar-refractivity contribution in [3.63, 3.8) is 0 Å². The topological polar surface area (TPSA) is 29.5 Å². The van der Waals surface area contributed by atoms with Crippen molar-refractivity contribution in [3.8, 4) is 0 Å². The number of rotatable bonds is 5. The van der Waals surface area contributed by atoms with Crippen molar-refractivity contribution in [2.45, 2.75) is 12.2 Å². The first kappa shape index (κ1) is 11.7. The predicted octanol–water partition coefficient (Wildman–Crippen LogP) is 2.26. The second-order valence-corrected chi connectivity index (χ2v) is 3.20. The van der Waals surface area contributed by atoms with Crippen LogP contribution in [0, 0.1) is 0 Å². The van der Waals surface area contributed by atoms with E-state index < -0.39 is 6.10 Å². The number of hydrogen-bond acceptors (Lipinski definition) is 2. The zero-order valence-corrected chi connectivity index (χ0v) is 8.84. The molecule has 1 aromatic rings. The monoisotopic (exact) mass is 204 g/mol. The fourth-order valence-corrected chi connectivity index (χ4v) is 1.26. The van der Waals surface area contributed by atoms with Gasteiger partial charge in [0.15, 0.2) is 0 Å². The Bertz CT molecular complexity index is 317. The number of benzene rings is 1. The van der Waals surface area contributed by atoms with Gasteiger partial charge in [-0.25, -0.2) is 0 Å². The molecule has 0 aliphatic heterocycles. The van der Waals surface area contributed by atoms with Gasteiger partial charge in [-0.2, -0.15) is 0 Å². The molecule has 0 amide bonds. The number of hydrogen-bond donors (Lipinski definition) is 1. The van der Waals surface area contributed by atoms with Crippen LogP contribution in [0.25, 0.3) is 6.08 Å². The molecule has 0 fully saturated rings. The summed E-state index contributed by atoms with van der Waals surface area (Å²) in [7, 11) is 1.55. The molecular weight excluding hydrogens is 188 g/mol. The van der Waals surface area contributed by atoms with Crippen LogP contribution in [0.4, 0.5) is 0 Å². The van der Waals surface area contributed by atoms with Crippen LogP contribution in [0.5, 0.6) is 0 Å². The SMILES string of the molecule is C=C[C@H](OC)[C@@H](O)/C=C/c1ccccc1. The summed E-state index contributed by atoms with van der Waals surface area (Å²) in [6.07, 6.45) is 4.13. The van der Waals surface area contributed by atoms with Crippen LogP contribution in [0.1, 0.15) is 5.56 Å². The van der Waals surface area contributed by atoms with Gasteiger partial charge in [0.05, 0.1) is 0 Å². The van der Waals surface area contributed by atoms with E-state index in [9.17, 15) is 5.11 Å². The first-order valence-corrected chi connectivity index (χ1v) is 4.84. The minimum Gasteiger partial charge on any atom is -0.386 e. The lowest BCUT2D eigenvalue weighted by molar-refractivity contribution is 0.0435. The summed E-state index contributed by atoms with van der Waals surface area (Å²) in [6, 6.07) is 9.80. The zero-order chi connectivity index (χ0) is 11.1. The molecule has 0 saturated heterocycles. The highest BCUT2D eigenvalue weighted by Gasteiger charge is 2.10. The van der Waals surface area contributed by atoms with Crippen LogP contribution >= 0.6 is 0 Å². The van der Waals surface area contributed by atoms with Gasteiger partial charge in [-0.1, -0.05) is 48.6 Å². The molecule has 0 aromatic heterocycles. The smallest absolute Gasteiger partial charge is 0.104 e. The van der Waals surface area contributed by atoms with Crippen LogP contribution in [0.3, 0.4) is 0 Å². The zero-order valence-electron chi connectivity index (χ0n) is 8.84. The van der Waals surface area contributed by atoms with Crippen molar-refractivity contribution in [2.24, 2.45) is 0 Å². The predicted molar refractivity (Wildman–Crippen MR) is 62.5 cm³/mol. The Morgan fingerprint density at radius 3 is 2.53 bits per heavy atom. The first-order chi connectivity index (χ1) is 7.27. The van der Waals surface area contributed by atoms with E-state index in [4.69, 9.17) is 4.74 Å². The van der Waals surface area contributed by atoms with Crippen molar-refractivity contribution in [1.29, 1.82) is 0 Å². The summed E-state index contributed by atoms with van der Waals surface area (Å²) in [5.41, 5.74) is 1.05. The third-order valence-corrected chi connectivity index (χ3v) is 2.13. The molecule has 0 bridgehead atoms. The van der Waals surface area contributed by atoms with Gasteiger partial charge in [0.2, 0.25) is 0 Å². The standard InChI is InChI=1S/C13H16O2/c1-3-13(15-2)12(14)10-9-11-7-5-4-6-8-11/h3-10,12-14H,1H2,2H3/b10-9+/t12-,13-/m0/s1. The summed E-state index contributed by atoms with van der Waals surface area (Å²) in [6.45, 7) is 3.59. The van der Waals surface area contributed by atoms with Crippen molar-refractivity contribution < 1.29 is 9.84 Å². The molecule has 0 aliphatic rings. The van der Waals surface area contributed by atoms with Gasteiger partial charge in [0.1, 0.15) is 12.2 Å². The summed E-state index contributed by atoms with van der Waals surface area (Å²) in [4.78, 5) is 0. The van der Waals surface area contributed by atoms with Crippen molar-refractivity contribution >= 4 is 6.08 Å². The van der Waals surface area contributed by atoms with Gasteiger partial charge in [-0.3, -0.25) is 0 Å². The maximum absolute atomic E-state index is 9.69. The van der Waals surface area contributed by atoms with Gasteiger partial charge < -0.3 is 9.84 Å². The summed E-state index contributed by atoms with van der Waals surface area (Å²) in [5, 5.41) is 9.69. The Labute approximate surface area is 90.5 Å². The van der Waals surface area contributed by atoms with E-state index in [0.29, 0.717) is 0 Å². The molecule has 0 heterocycles. The van der Waals surface area contributed by atoms with E-state index in [0.717, 1.165) is 5.56 Å². The van der Waals surface area contributed by atoms with E-state index in [1.54, 1.807) is 19.3 Å². The number of methoxy groups -OCH3 is 1. The van der Waals surface area contributed by atoms with E-state index in [2.05, 4.69) is 6.58 Å². The normalized spacial score (nSPS) is 15.1. The number of ether oxygens (including phenoxy) is 1. The second-order valence-electron chi connectivity index (χ2n) is 3.20. The minimum absolute atomic E-state index is 0.357. The Balaban J connectivity index is 2.61. The lowest BCUT2D eigenvalue weighted by Gasteiger charge is -2.14. The molecule has 0 radical (unpaired) electrons. The highest BCUT2D eigenvalue weighted by molar-refractivity contribution is 5.49. The molecule has 2 heteroatoms. The molecule has 1 aromatic carbocycles. The quantitative estimate of drug-likeness (QED) is 0.745. The molecule has 1 rings (SSSR count). The maximum atomic E-state index is 9.69. The minimum atomic E-state index is -0.660. The van der Waals surface area contributed by atoms with Crippen LogP contribution in [-0.4, -0.2) is 24.4 Å². The van der Waals surface area contributed by atoms with E-state index in [1.807, 2.05) is 36.4 Å². The first-order valence-electron chi connectivity index (χ1n) is 4.84. The third kappa shape index (κ3) is 3.70. The van der Waals surface area contributed by atoms with Gasteiger partial charge in [-0.15, -0.1) is 6.58 Å². The molecule has 1 N–H and O–H groups in total. The Morgan fingerprint density at radius 2 is 2.00 bits per heavy atom. The number of aliphatic hydroxyl groups excluding tert-OH is 1. The Kier molecular flexibility index (Phi) is 4.81. The third-order valence-electron chi connectivity index (χ3n) is 2.13. The fraction of sp³-hybridized carbons (Fsp3) is 0.231. The molecule has 0 spiro atoms. The van der Waals surface area contributed by atoms with Gasteiger partial charge in [0.25, 0.3) is 0 Å². The molecular formula is C13H16O2. The molecule has 0 saturated carbocycles. The Hall–Kier alpha value is -1.38. The van der Waals surface area contributed by atoms with Gasteiger partial charge >= 0.3 is 0 Å². The Morgan fingerprint density at radius 1 is 1.33 bits per heavy atom. The average molecular weight is 204 g/mol. The average Bonchev–Trinajstić information content (AvgIpc) is 2.29. The van der Waals surface area contributed by atoms with Crippen LogP contribution in [-0.2, 0) is 4.74 Å². The van der Waals surface area contributed by atoms with Gasteiger partial charge in [0, 0.05) is 7.11 Å². The summed E-state index contributed by atoms with van der Waals surface area (Å²) in [5.74, 6) is 0. The lowest BCUT2D eigenvalue weighted by atomic mass is 10.1. The summed E-state index contributed by atoms with van der Waals surface area (Å²) >= 11 is 0. The molecule has 0 unspecified atom stereocenters. The van der Waals surface area contributed by atoms with E-state index in [-0.39, 0.29) is 6.10 Å². The molecule has 2 nitrogen and oxygen atoms in total. The molecule has 2 atom stereocenters. The van der Waals surface area contributed by atoms with Gasteiger partial charge in [-0.05, 0) is 5.56 Å². The van der Waals surface area contributed by atoms with E-state index >= 15 is 0 Å². The highest BCUT2D eigenvalue weighted by Crippen LogP contribution is 2.06. The summed E-state index contributed by atoms with van der Waals surface area (Å²) < 4.78 is 5.03. The number of aliphatic hydroxyl groups is 1. The molecule has 15 heavy (non-hydrogen) atoms. The largest absolute Gasteiger partial charge is 0.386 e. The van der Waals surface area contributed by atoms with Crippen LogP contribution < -0.4 is 0 Å². The molecule has 0 aliphatic carbocycles. The van der Waals surface area contributed by atoms with Crippen molar-refractivity contribution in [3.05, 3.63) is 54.6 Å². The van der Waals surface area contributed by atoms with Crippen molar-refractivity contribution in [1.82, 2.24) is 0 Å². The molecule has 80 valence electrons.